The Morgan fingerprint density at radius 2 is 2.12 bits per heavy atom. The SMILES string of the molecule is CC1CC(C(=O)O)CN(C(=O)c2cc(Cl)ccc2-n2cnnn2)C1. The van der Waals surface area contributed by atoms with Gasteiger partial charge in [-0.2, -0.15) is 4.68 Å². The van der Waals surface area contributed by atoms with E-state index >= 15 is 0 Å². The molecule has 1 N–H and O–H groups in total. The fraction of sp³-hybridized carbons (Fsp3) is 0.400. The molecule has 24 heavy (non-hydrogen) atoms. The number of tetrazole rings is 1. The second-order valence-corrected chi connectivity index (χ2v) is 6.44. The summed E-state index contributed by atoms with van der Waals surface area (Å²) in [6.45, 7) is 2.62. The molecule has 0 aliphatic carbocycles. The molecule has 1 aliphatic rings. The highest BCUT2D eigenvalue weighted by molar-refractivity contribution is 6.31. The first-order valence-electron chi connectivity index (χ1n) is 7.50. The Balaban J connectivity index is 1.95. The van der Waals surface area contributed by atoms with Crippen LogP contribution in [0.4, 0.5) is 0 Å². The van der Waals surface area contributed by atoms with E-state index in [0.717, 1.165) is 0 Å². The van der Waals surface area contributed by atoms with Crippen molar-refractivity contribution >= 4 is 23.5 Å². The summed E-state index contributed by atoms with van der Waals surface area (Å²) < 4.78 is 1.38. The van der Waals surface area contributed by atoms with Gasteiger partial charge in [-0.25, -0.2) is 0 Å². The molecule has 0 radical (unpaired) electrons. The van der Waals surface area contributed by atoms with E-state index in [0.29, 0.717) is 29.2 Å². The highest BCUT2D eigenvalue weighted by Gasteiger charge is 2.33. The molecular weight excluding hydrogens is 334 g/mol. The Hall–Kier alpha value is -2.48. The summed E-state index contributed by atoms with van der Waals surface area (Å²) in [6, 6.07) is 4.86. The number of aromatic nitrogens is 4. The van der Waals surface area contributed by atoms with Crippen molar-refractivity contribution < 1.29 is 14.7 Å². The van der Waals surface area contributed by atoms with Gasteiger partial charge in [0.1, 0.15) is 6.33 Å². The maximum absolute atomic E-state index is 13.0. The molecule has 1 aromatic carbocycles. The van der Waals surface area contributed by atoms with Crippen molar-refractivity contribution in [2.45, 2.75) is 13.3 Å². The van der Waals surface area contributed by atoms with Gasteiger partial charge in [0.05, 0.1) is 17.2 Å². The van der Waals surface area contributed by atoms with Gasteiger partial charge in [0.15, 0.2) is 0 Å². The number of hydrogen-bond donors (Lipinski definition) is 1. The number of piperidine rings is 1. The molecule has 2 atom stereocenters. The summed E-state index contributed by atoms with van der Waals surface area (Å²) in [5.41, 5.74) is 0.840. The number of carboxylic acid groups (broad SMARTS) is 1. The van der Waals surface area contributed by atoms with Gasteiger partial charge in [0.2, 0.25) is 0 Å². The van der Waals surface area contributed by atoms with Gasteiger partial charge in [-0.3, -0.25) is 9.59 Å². The van der Waals surface area contributed by atoms with Crippen LogP contribution in [0.5, 0.6) is 0 Å². The predicted octanol–water partition coefficient (Wildman–Crippen LogP) is 1.50. The van der Waals surface area contributed by atoms with E-state index in [4.69, 9.17) is 11.6 Å². The number of hydrogen-bond acceptors (Lipinski definition) is 5. The van der Waals surface area contributed by atoms with E-state index in [2.05, 4.69) is 15.5 Å². The predicted molar refractivity (Wildman–Crippen MR) is 85.0 cm³/mol. The van der Waals surface area contributed by atoms with Crippen molar-refractivity contribution in [1.29, 1.82) is 0 Å². The number of carbonyl (C=O) groups excluding carboxylic acids is 1. The third-order valence-corrected chi connectivity index (χ3v) is 4.32. The van der Waals surface area contributed by atoms with E-state index in [1.807, 2.05) is 6.92 Å². The molecule has 8 nitrogen and oxygen atoms in total. The molecule has 3 rings (SSSR count). The molecule has 1 saturated heterocycles. The summed E-state index contributed by atoms with van der Waals surface area (Å²) in [5.74, 6) is -1.61. The summed E-state index contributed by atoms with van der Waals surface area (Å²) in [5, 5.41) is 20.7. The number of benzene rings is 1. The second kappa shape index (κ2) is 6.56. The smallest absolute Gasteiger partial charge is 0.308 e. The van der Waals surface area contributed by atoms with Crippen molar-refractivity contribution in [3.05, 3.63) is 35.1 Å². The number of likely N-dealkylation sites (tertiary alicyclic amines) is 1. The van der Waals surface area contributed by atoms with Crippen LogP contribution in [0.1, 0.15) is 23.7 Å². The Labute approximate surface area is 143 Å². The highest BCUT2D eigenvalue weighted by Crippen LogP contribution is 2.26. The maximum atomic E-state index is 13.0. The maximum Gasteiger partial charge on any atom is 0.308 e. The van der Waals surface area contributed by atoms with Crippen LogP contribution < -0.4 is 0 Å². The van der Waals surface area contributed by atoms with Crippen molar-refractivity contribution in [1.82, 2.24) is 25.1 Å². The molecule has 1 aliphatic heterocycles. The minimum absolute atomic E-state index is 0.111. The number of rotatable bonds is 3. The minimum Gasteiger partial charge on any atom is -0.481 e. The van der Waals surface area contributed by atoms with Crippen LogP contribution >= 0.6 is 11.6 Å². The lowest BCUT2D eigenvalue weighted by atomic mass is 9.90. The van der Waals surface area contributed by atoms with Crippen molar-refractivity contribution in [3.63, 3.8) is 0 Å². The number of carbonyl (C=O) groups is 2. The number of nitrogens with zero attached hydrogens (tertiary/aromatic N) is 5. The number of aliphatic carboxylic acids is 1. The molecular formula is C15H16ClN5O3. The largest absolute Gasteiger partial charge is 0.481 e. The van der Waals surface area contributed by atoms with E-state index in [9.17, 15) is 14.7 Å². The number of amides is 1. The quantitative estimate of drug-likeness (QED) is 0.901. The summed E-state index contributed by atoms with van der Waals surface area (Å²) >= 11 is 6.04. The lowest BCUT2D eigenvalue weighted by Crippen LogP contribution is -2.45. The molecule has 1 aromatic heterocycles. The van der Waals surface area contributed by atoms with E-state index in [-0.39, 0.29) is 18.4 Å². The van der Waals surface area contributed by atoms with Gasteiger partial charge in [0, 0.05) is 18.1 Å². The first-order chi connectivity index (χ1) is 11.5. The Kier molecular flexibility index (Phi) is 4.48. The fourth-order valence-corrected chi connectivity index (χ4v) is 3.19. The van der Waals surface area contributed by atoms with Crippen LogP contribution in [0, 0.1) is 11.8 Å². The third kappa shape index (κ3) is 3.23. The molecule has 0 spiro atoms. The molecule has 1 fully saturated rings. The monoisotopic (exact) mass is 349 g/mol. The Morgan fingerprint density at radius 3 is 2.79 bits per heavy atom. The Morgan fingerprint density at radius 1 is 1.33 bits per heavy atom. The molecule has 2 unspecified atom stereocenters. The fourth-order valence-electron chi connectivity index (χ4n) is 3.02. The zero-order chi connectivity index (χ0) is 17.3. The van der Waals surface area contributed by atoms with Crippen LogP contribution in [0.2, 0.25) is 5.02 Å². The summed E-state index contributed by atoms with van der Waals surface area (Å²) in [7, 11) is 0. The van der Waals surface area contributed by atoms with E-state index < -0.39 is 11.9 Å². The zero-order valence-corrected chi connectivity index (χ0v) is 13.7. The van der Waals surface area contributed by atoms with Gasteiger partial charge in [-0.1, -0.05) is 18.5 Å². The van der Waals surface area contributed by atoms with E-state index in [1.165, 1.54) is 11.0 Å². The van der Waals surface area contributed by atoms with Gasteiger partial charge in [-0.05, 0) is 41.0 Å². The van der Waals surface area contributed by atoms with Gasteiger partial charge in [-0.15, -0.1) is 5.10 Å². The van der Waals surface area contributed by atoms with Crippen LogP contribution in [0.3, 0.4) is 0 Å². The third-order valence-electron chi connectivity index (χ3n) is 4.08. The van der Waals surface area contributed by atoms with Crippen molar-refractivity contribution in [2.75, 3.05) is 13.1 Å². The number of carboxylic acids is 1. The van der Waals surface area contributed by atoms with Crippen LogP contribution in [0.25, 0.3) is 5.69 Å². The molecule has 0 saturated carbocycles. The van der Waals surface area contributed by atoms with Crippen LogP contribution in [0.15, 0.2) is 24.5 Å². The molecule has 0 bridgehead atoms. The van der Waals surface area contributed by atoms with Gasteiger partial charge >= 0.3 is 5.97 Å². The first kappa shape index (κ1) is 16.4. The highest BCUT2D eigenvalue weighted by atomic mass is 35.5. The first-order valence-corrected chi connectivity index (χ1v) is 7.88. The molecule has 9 heteroatoms. The van der Waals surface area contributed by atoms with E-state index in [1.54, 1.807) is 23.1 Å². The second-order valence-electron chi connectivity index (χ2n) is 6.00. The zero-order valence-electron chi connectivity index (χ0n) is 13.0. The summed E-state index contributed by atoms with van der Waals surface area (Å²) in [4.78, 5) is 25.9. The summed E-state index contributed by atoms with van der Waals surface area (Å²) in [6.07, 6.45) is 1.95. The number of halogens is 1. The average Bonchev–Trinajstić information content (AvgIpc) is 3.07. The molecule has 2 heterocycles. The molecule has 126 valence electrons. The minimum atomic E-state index is -0.883. The van der Waals surface area contributed by atoms with Crippen LogP contribution in [-0.2, 0) is 4.79 Å². The standard InChI is InChI=1S/C15H16ClN5O3/c1-9-4-10(15(23)24)7-20(6-9)14(22)12-5-11(16)2-3-13(12)21-8-17-18-19-21/h2-3,5,8-10H,4,6-7H2,1H3,(H,23,24). The average molecular weight is 350 g/mol. The lowest BCUT2D eigenvalue weighted by molar-refractivity contribution is -0.143. The Bertz CT molecular complexity index is 764. The molecule has 2 aromatic rings. The van der Waals surface area contributed by atoms with Gasteiger partial charge < -0.3 is 10.0 Å². The molecule has 1 amide bonds. The normalized spacial score (nSPS) is 20.8. The van der Waals surface area contributed by atoms with Crippen molar-refractivity contribution in [2.24, 2.45) is 11.8 Å². The van der Waals surface area contributed by atoms with Crippen LogP contribution in [-0.4, -0.2) is 55.2 Å². The topological polar surface area (TPSA) is 101 Å². The lowest BCUT2D eigenvalue weighted by Gasteiger charge is -2.35. The van der Waals surface area contributed by atoms with Gasteiger partial charge in [0.25, 0.3) is 5.91 Å². The van der Waals surface area contributed by atoms with Crippen molar-refractivity contribution in [3.8, 4) is 5.69 Å².